The number of hydrogen-bond acceptors (Lipinski definition) is 4. The zero-order valence-corrected chi connectivity index (χ0v) is 10.9. The highest BCUT2D eigenvalue weighted by Gasteiger charge is 2.27. The maximum Gasteiger partial charge on any atom is 0.224 e. The van der Waals surface area contributed by atoms with Crippen LogP contribution in [0.15, 0.2) is 12.3 Å². The van der Waals surface area contributed by atoms with Crippen molar-refractivity contribution in [2.45, 2.75) is 39.2 Å². The molecule has 3 atom stereocenters. The Morgan fingerprint density at radius 3 is 2.88 bits per heavy atom. The third kappa shape index (κ3) is 2.87. The summed E-state index contributed by atoms with van der Waals surface area (Å²) in [5, 5.41) is 6.51. The summed E-state index contributed by atoms with van der Waals surface area (Å²) in [6, 6.07) is 2.48. The maximum absolute atomic E-state index is 4.41. The Morgan fingerprint density at radius 2 is 2.12 bits per heavy atom. The van der Waals surface area contributed by atoms with Gasteiger partial charge in [0.25, 0.3) is 0 Å². The smallest absolute Gasteiger partial charge is 0.224 e. The molecule has 0 saturated heterocycles. The highest BCUT2D eigenvalue weighted by molar-refractivity contribution is 5.40. The first-order valence-electron chi connectivity index (χ1n) is 6.48. The van der Waals surface area contributed by atoms with Crippen LogP contribution in [0.5, 0.6) is 0 Å². The van der Waals surface area contributed by atoms with E-state index in [0.29, 0.717) is 17.9 Å². The topological polar surface area (TPSA) is 49.8 Å². The van der Waals surface area contributed by atoms with E-state index in [4.69, 9.17) is 0 Å². The second kappa shape index (κ2) is 5.34. The molecular weight excluding hydrogens is 212 g/mol. The average molecular weight is 234 g/mol. The third-order valence-corrected chi connectivity index (χ3v) is 3.92. The van der Waals surface area contributed by atoms with Gasteiger partial charge < -0.3 is 10.6 Å². The van der Waals surface area contributed by atoms with Crippen LogP contribution in [0.25, 0.3) is 0 Å². The monoisotopic (exact) mass is 234 g/mol. The lowest BCUT2D eigenvalue weighted by molar-refractivity contribution is 0.253. The number of rotatable bonds is 3. The van der Waals surface area contributed by atoms with E-state index in [-0.39, 0.29) is 0 Å². The largest absolute Gasteiger partial charge is 0.367 e. The molecule has 0 amide bonds. The van der Waals surface area contributed by atoms with Crippen molar-refractivity contribution < 1.29 is 0 Å². The van der Waals surface area contributed by atoms with Gasteiger partial charge in [-0.25, -0.2) is 4.98 Å². The van der Waals surface area contributed by atoms with E-state index >= 15 is 0 Å². The maximum atomic E-state index is 4.41. The van der Waals surface area contributed by atoms with Crippen molar-refractivity contribution >= 4 is 11.8 Å². The van der Waals surface area contributed by atoms with E-state index in [2.05, 4.69) is 34.4 Å². The Bertz CT molecular complexity index is 366. The fourth-order valence-corrected chi connectivity index (χ4v) is 2.54. The molecule has 3 unspecified atom stereocenters. The van der Waals surface area contributed by atoms with Crippen molar-refractivity contribution in [2.24, 2.45) is 11.8 Å². The van der Waals surface area contributed by atoms with Crippen LogP contribution in [-0.2, 0) is 0 Å². The molecule has 1 saturated carbocycles. The molecule has 1 aromatic heterocycles. The van der Waals surface area contributed by atoms with Crippen LogP contribution in [-0.4, -0.2) is 23.1 Å². The third-order valence-electron chi connectivity index (χ3n) is 3.92. The van der Waals surface area contributed by atoms with Crippen molar-refractivity contribution in [3.05, 3.63) is 12.3 Å². The zero-order chi connectivity index (χ0) is 12.3. The molecule has 1 aromatic rings. The van der Waals surface area contributed by atoms with Gasteiger partial charge in [0.2, 0.25) is 5.95 Å². The van der Waals surface area contributed by atoms with E-state index in [1.54, 1.807) is 6.20 Å². The molecule has 2 rings (SSSR count). The number of nitrogens with zero attached hydrogens (tertiary/aromatic N) is 2. The normalized spacial score (nSPS) is 28.8. The fraction of sp³-hybridized carbons (Fsp3) is 0.692. The summed E-state index contributed by atoms with van der Waals surface area (Å²) in [5.41, 5.74) is 0. The van der Waals surface area contributed by atoms with Gasteiger partial charge in [0.15, 0.2) is 0 Å². The molecule has 1 aliphatic rings. The molecule has 1 fully saturated rings. The van der Waals surface area contributed by atoms with E-state index in [1.165, 1.54) is 19.3 Å². The fourth-order valence-electron chi connectivity index (χ4n) is 2.54. The molecular formula is C13H22N4. The highest BCUT2D eigenvalue weighted by atomic mass is 15.1. The molecule has 0 spiro atoms. The summed E-state index contributed by atoms with van der Waals surface area (Å²) >= 11 is 0. The molecule has 1 heterocycles. The molecule has 2 N–H and O–H groups in total. The molecule has 4 heteroatoms. The summed E-state index contributed by atoms with van der Waals surface area (Å²) in [4.78, 5) is 8.53. The van der Waals surface area contributed by atoms with Crippen molar-refractivity contribution in [1.29, 1.82) is 0 Å². The molecule has 0 aliphatic heterocycles. The van der Waals surface area contributed by atoms with Crippen molar-refractivity contribution in [3.63, 3.8) is 0 Å². The molecule has 94 valence electrons. The van der Waals surface area contributed by atoms with Crippen LogP contribution in [0.4, 0.5) is 11.8 Å². The first kappa shape index (κ1) is 12.1. The van der Waals surface area contributed by atoms with Gasteiger partial charge in [-0.05, 0) is 24.3 Å². The summed E-state index contributed by atoms with van der Waals surface area (Å²) in [6.07, 6.45) is 5.69. The van der Waals surface area contributed by atoms with Gasteiger partial charge in [0, 0.05) is 19.3 Å². The van der Waals surface area contributed by atoms with Crippen LogP contribution >= 0.6 is 0 Å². The SMILES string of the molecule is CNc1nccc(NC2CCCC(C)C2C)n1. The number of anilines is 2. The summed E-state index contributed by atoms with van der Waals surface area (Å²) in [7, 11) is 1.84. The van der Waals surface area contributed by atoms with E-state index in [9.17, 15) is 0 Å². The number of nitrogens with one attached hydrogen (secondary N) is 2. The predicted octanol–water partition coefficient (Wildman–Crippen LogP) is 2.75. The Balaban J connectivity index is 2.04. The first-order valence-corrected chi connectivity index (χ1v) is 6.48. The first-order chi connectivity index (χ1) is 8.20. The Kier molecular flexibility index (Phi) is 3.82. The Hall–Kier alpha value is -1.32. The lowest BCUT2D eigenvalue weighted by atomic mass is 9.78. The van der Waals surface area contributed by atoms with E-state index in [0.717, 1.165) is 11.7 Å². The van der Waals surface area contributed by atoms with Crippen LogP contribution in [0.2, 0.25) is 0 Å². The second-order valence-electron chi connectivity index (χ2n) is 5.03. The second-order valence-corrected chi connectivity index (χ2v) is 5.03. The summed E-state index contributed by atoms with van der Waals surface area (Å²) in [6.45, 7) is 4.68. The Labute approximate surface area is 103 Å². The standard InChI is InChI=1S/C13H22N4/c1-9-5-4-6-11(10(9)2)16-12-7-8-15-13(14-3)17-12/h7-11H,4-6H2,1-3H3,(H2,14,15,16,17). The number of aromatic nitrogens is 2. The van der Waals surface area contributed by atoms with Gasteiger partial charge in [-0.2, -0.15) is 4.98 Å². The minimum atomic E-state index is 0.540. The molecule has 4 nitrogen and oxygen atoms in total. The predicted molar refractivity (Wildman–Crippen MR) is 71.2 cm³/mol. The quantitative estimate of drug-likeness (QED) is 0.844. The van der Waals surface area contributed by atoms with Gasteiger partial charge in [-0.15, -0.1) is 0 Å². The van der Waals surface area contributed by atoms with E-state index < -0.39 is 0 Å². The van der Waals surface area contributed by atoms with Gasteiger partial charge >= 0.3 is 0 Å². The van der Waals surface area contributed by atoms with Gasteiger partial charge in [-0.3, -0.25) is 0 Å². The van der Waals surface area contributed by atoms with Gasteiger partial charge in [0.1, 0.15) is 5.82 Å². The van der Waals surface area contributed by atoms with Crippen LogP contribution in [0, 0.1) is 11.8 Å². The van der Waals surface area contributed by atoms with Gasteiger partial charge in [0.05, 0.1) is 0 Å². The molecule has 1 aliphatic carbocycles. The van der Waals surface area contributed by atoms with Crippen LogP contribution in [0.1, 0.15) is 33.1 Å². The molecule has 0 aromatic carbocycles. The van der Waals surface area contributed by atoms with Crippen molar-refractivity contribution in [1.82, 2.24) is 9.97 Å². The van der Waals surface area contributed by atoms with Crippen molar-refractivity contribution in [2.75, 3.05) is 17.7 Å². The highest BCUT2D eigenvalue weighted by Crippen LogP contribution is 2.31. The van der Waals surface area contributed by atoms with E-state index in [1.807, 2.05) is 13.1 Å². The Morgan fingerprint density at radius 1 is 1.29 bits per heavy atom. The van der Waals surface area contributed by atoms with Gasteiger partial charge in [-0.1, -0.05) is 26.7 Å². The van der Waals surface area contributed by atoms with Crippen molar-refractivity contribution in [3.8, 4) is 0 Å². The molecule has 0 radical (unpaired) electrons. The zero-order valence-electron chi connectivity index (χ0n) is 10.9. The molecule has 0 bridgehead atoms. The minimum absolute atomic E-state index is 0.540. The summed E-state index contributed by atoms with van der Waals surface area (Å²) in [5.74, 6) is 3.10. The minimum Gasteiger partial charge on any atom is -0.367 e. The molecule has 17 heavy (non-hydrogen) atoms. The van der Waals surface area contributed by atoms with Crippen LogP contribution in [0.3, 0.4) is 0 Å². The lowest BCUT2D eigenvalue weighted by Crippen LogP contribution is -2.35. The number of hydrogen-bond donors (Lipinski definition) is 2. The summed E-state index contributed by atoms with van der Waals surface area (Å²) < 4.78 is 0. The average Bonchev–Trinajstić information content (AvgIpc) is 2.35. The lowest BCUT2D eigenvalue weighted by Gasteiger charge is -2.34. The van der Waals surface area contributed by atoms with Crippen LogP contribution < -0.4 is 10.6 Å².